The van der Waals surface area contributed by atoms with Crippen LogP contribution in [0.5, 0.6) is 0 Å². The van der Waals surface area contributed by atoms with Gasteiger partial charge in [-0.25, -0.2) is 0 Å². The van der Waals surface area contributed by atoms with Gasteiger partial charge in [0.15, 0.2) is 0 Å². The van der Waals surface area contributed by atoms with Crippen LogP contribution in [-0.4, -0.2) is 49.4 Å². The van der Waals surface area contributed by atoms with E-state index in [4.69, 9.17) is 11.6 Å². The summed E-state index contributed by atoms with van der Waals surface area (Å²) in [5.74, 6) is 0.291. The molecule has 2 aliphatic rings. The first-order valence-electron chi connectivity index (χ1n) is 9.00. The van der Waals surface area contributed by atoms with Crippen molar-refractivity contribution in [3.05, 3.63) is 29.3 Å². The monoisotopic (exact) mass is 363 g/mol. The number of carbonyl (C=O) groups is 2. The number of nitrogens with one attached hydrogen (secondary N) is 1. The highest BCUT2D eigenvalue weighted by atomic mass is 35.5. The Labute approximate surface area is 154 Å². The highest BCUT2D eigenvalue weighted by Crippen LogP contribution is 2.47. The number of halogens is 1. The van der Waals surface area contributed by atoms with Gasteiger partial charge in [0.2, 0.25) is 11.8 Å². The lowest BCUT2D eigenvalue weighted by molar-refractivity contribution is -0.144. The topological polar surface area (TPSA) is 52.7 Å². The largest absolute Gasteiger partial charge is 0.368 e. The van der Waals surface area contributed by atoms with E-state index in [0.29, 0.717) is 38.4 Å². The molecule has 1 saturated heterocycles. The summed E-state index contributed by atoms with van der Waals surface area (Å²) in [6, 6.07) is 7.77. The van der Waals surface area contributed by atoms with E-state index in [1.807, 2.05) is 29.2 Å². The molecule has 1 aromatic rings. The van der Waals surface area contributed by atoms with Crippen molar-refractivity contribution in [2.45, 2.75) is 26.7 Å². The number of hydrogen-bond acceptors (Lipinski definition) is 3. The van der Waals surface area contributed by atoms with Crippen LogP contribution in [0.25, 0.3) is 0 Å². The predicted octanol–water partition coefficient (Wildman–Crippen LogP) is 2.54. The maximum absolute atomic E-state index is 12.9. The Kier molecular flexibility index (Phi) is 5.23. The van der Waals surface area contributed by atoms with Gasteiger partial charge in [0, 0.05) is 43.4 Å². The molecule has 1 aliphatic carbocycles. The summed E-state index contributed by atoms with van der Waals surface area (Å²) in [6.07, 6.45) is 1.34. The van der Waals surface area contributed by atoms with Crippen molar-refractivity contribution < 1.29 is 9.59 Å². The molecule has 136 valence electrons. The highest BCUT2D eigenvalue weighted by molar-refractivity contribution is 6.30. The number of hydrogen-bond donors (Lipinski definition) is 1. The van der Waals surface area contributed by atoms with Crippen molar-refractivity contribution in [1.82, 2.24) is 10.2 Å². The van der Waals surface area contributed by atoms with Crippen LogP contribution in [0.4, 0.5) is 5.69 Å². The fourth-order valence-electron chi connectivity index (χ4n) is 3.27. The smallest absolute Gasteiger partial charge is 0.238 e. The third kappa shape index (κ3) is 3.92. The average molecular weight is 364 g/mol. The van der Waals surface area contributed by atoms with Crippen LogP contribution >= 0.6 is 11.6 Å². The SMILES string of the molecule is CC(C)CNC(=O)C1(C(=O)N2CCN(c3cccc(Cl)c3)CC2)CC1. The van der Waals surface area contributed by atoms with Gasteiger partial charge in [-0.3, -0.25) is 9.59 Å². The molecule has 5 nitrogen and oxygen atoms in total. The third-order valence-corrected chi connectivity index (χ3v) is 5.24. The fraction of sp³-hybridized carbons (Fsp3) is 0.579. The lowest BCUT2D eigenvalue weighted by atomic mass is 10.0. The van der Waals surface area contributed by atoms with Crippen molar-refractivity contribution >= 4 is 29.1 Å². The molecule has 1 heterocycles. The minimum atomic E-state index is -0.798. The van der Waals surface area contributed by atoms with E-state index < -0.39 is 5.41 Å². The maximum Gasteiger partial charge on any atom is 0.238 e. The first-order valence-corrected chi connectivity index (χ1v) is 9.38. The lowest BCUT2D eigenvalue weighted by Gasteiger charge is -2.37. The minimum absolute atomic E-state index is 0.000463. The van der Waals surface area contributed by atoms with Gasteiger partial charge in [-0.1, -0.05) is 31.5 Å². The molecule has 1 N–H and O–H groups in total. The molecule has 2 amide bonds. The van der Waals surface area contributed by atoms with Crippen molar-refractivity contribution in [2.75, 3.05) is 37.6 Å². The van der Waals surface area contributed by atoms with E-state index in [0.717, 1.165) is 23.8 Å². The van der Waals surface area contributed by atoms with Crippen LogP contribution in [0.2, 0.25) is 5.02 Å². The number of benzene rings is 1. The number of piperazine rings is 1. The second-order valence-corrected chi connectivity index (χ2v) is 7.88. The fourth-order valence-corrected chi connectivity index (χ4v) is 3.46. The number of anilines is 1. The molecular weight excluding hydrogens is 338 g/mol. The van der Waals surface area contributed by atoms with Crippen molar-refractivity contribution in [3.63, 3.8) is 0 Å². The molecule has 0 spiro atoms. The van der Waals surface area contributed by atoms with Crippen LogP contribution in [-0.2, 0) is 9.59 Å². The first-order chi connectivity index (χ1) is 11.9. The Morgan fingerprint density at radius 3 is 2.44 bits per heavy atom. The number of carbonyl (C=O) groups excluding carboxylic acids is 2. The summed E-state index contributed by atoms with van der Waals surface area (Å²) >= 11 is 6.06. The Hall–Kier alpha value is -1.75. The molecule has 0 aromatic heterocycles. The highest BCUT2D eigenvalue weighted by Gasteiger charge is 2.58. The van der Waals surface area contributed by atoms with Crippen molar-refractivity contribution in [2.24, 2.45) is 11.3 Å². The Morgan fingerprint density at radius 2 is 1.88 bits per heavy atom. The van der Waals surface area contributed by atoms with Crippen LogP contribution in [0.3, 0.4) is 0 Å². The molecule has 0 unspecified atom stereocenters. The zero-order valence-electron chi connectivity index (χ0n) is 14.9. The van der Waals surface area contributed by atoms with Gasteiger partial charge in [0.05, 0.1) is 0 Å². The Morgan fingerprint density at radius 1 is 1.20 bits per heavy atom. The quantitative estimate of drug-likeness (QED) is 0.818. The molecule has 6 heteroatoms. The molecule has 1 saturated carbocycles. The summed E-state index contributed by atoms with van der Waals surface area (Å²) < 4.78 is 0. The molecule has 0 atom stereocenters. The summed E-state index contributed by atoms with van der Waals surface area (Å²) in [5.41, 5.74) is 0.281. The van der Waals surface area contributed by atoms with Crippen molar-refractivity contribution in [1.29, 1.82) is 0 Å². The second kappa shape index (κ2) is 7.24. The summed E-state index contributed by atoms with van der Waals surface area (Å²) in [7, 11) is 0. The van der Waals surface area contributed by atoms with E-state index in [9.17, 15) is 9.59 Å². The number of rotatable bonds is 5. The van der Waals surface area contributed by atoms with Crippen LogP contribution < -0.4 is 10.2 Å². The number of amides is 2. The van der Waals surface area contributed by atoms with Gasteiger partial charge >= 0.3 is 0 Å². The zero-order valence-corrected chi connectivity index (χ0v) is 15.7. The molecule has 25 heavy (non-hydrogen) atoms. The minimum Gasteiger partial charge on any atom is -0.368 e. The molecule has 1 aromatic carbocycles. The van der Waals surface area contributed by atoms with Gasteiger partial charge in [-0.2, -0.15) is 0 Å². The lowest BCUT2D eigenvalue weighted by Crippen LogP contribution is -2.53. The van der Waals surface area contributed by atoms with E-state index in [2.05, 4.69) is 24.1 Å². The normalized spacial score (nSPS) is 19.0. The van der Waals surface area contributed by atoms with E-state index >= 15 is 0 Å². The van der Waals surface area contributed by atoms with Crippen LogP contribution in [0, 0.1) is 11.3 Å². The predicted molar refractivity (Wildman–Crippen MR) is 99.8 cm³/mol. The molecule has 2 fully saturated rings. The van der Waals surface area contributed by atoms with Gasteiger partial charge in [-0.05, 0) is 37.0 Å². The van der Waals surface area contributed by atoms with Crippen LogP contribution in [0.15, 0.2) is 24.3 Å². The molecule has 0 bridgehead atoms. The summed E-state index contributed by atoms with van der Waals surface area (Å²) in [4.78, 5) is 29.4. The van der Waals surface area contributed by atoms with Gasteiger partial charge in [0.25, 0.3) is 0 Å². The van der Waals surface area contributed by atoms with E-state index in [-0.39, 0.29) is 11.8 Å². The Bertz CT molecular complexity index is 650. The summed E-state index contributed by atoms with van der Waals surface area (Å²) in [6.45, 7) is 7.53. The molecule has 3 rings (SSSR count). The van der Waals surface area contributed by atoms with E-state index in [1.165, 1.54) is 0 Å². The number of nitrogens with zero attached hydrogens (tertiary/aromatic N) is 2. The van der Waals surface area contributed by atoms with Crippen molar-refractivity contribution in [3.8, 4) is 0 Å². The standard InChI is InChI=1S/C19H26ClN3O2/c1-14(2)13-21-17(24)19(6-7-19)18(25)23-10-8-22(9-11-23)16-5-3-4-15(20)12-16/h3-5,12,14H,6-11,13H2,1-2H3,(H,21,24). The van der Waals surface area contributed by atoms with E-state index in [1.54, 1.807) is 0 Å². The van der Waals surface area contributed by atoms with Gasteiger partial charge < -0.3 is 15.1 Å². The van der Waals surface area contributed by atoms with Crippen LogP contribution in [0.1, 0.15) is 26.7 Å². The van der Waals surface area contributed by atoms with Gasteiger partial charge in [-0.15, -0.1) is 0 Å². The average Bonchev–Trinajstić information content (AvgIpc) is 3.41. The first kappa shape index (κ1) is 18.1. The maximum atomic E-state index is 12.9. The summed E-state index contributed by atoms with van der Waals surface area (Å²) in [5, 5.41) is 3.65. The van der Waals surface area contributed by atoms with Gasteiger partial charge in [0.1, 0.15) is 5.41 Å². The molecule has 0 radical (unpaired) electrons. The second-order valence-electron chi connectivity index (χ2n) is 7.45. The Balaban J connectivity index is 1.57. The third-order valence-electron chi connectivity index (χ3n) is 5.01. The molecule has 1 aliphatic heterocycles. The zero-order chi connectivity index (χ0) is 18.0. The molecular formula is C19H26ClN3O2.